The number of nitrogens with two attached hydrogens (primary N) is 1. The highest BCUT2D eigenvalue weighted by Crippen LogP contribution is 2.25. The van der Waals surface area contributed by atoms with E-state index in [2.05, 4.69) is 15.8 Å². The molecule has 5 rings (SSSR count). The maximum atomic E-state index is 13.1. The van der Waals surface area contributed by atoms with E-state index in [1.807, 2.05) is 49.4 Å². The summed E-state index contributed by atoms with van der Waals surface area (Å²) in [7, 11) is 0. The zero-order valence-electron chi connectivity index (χ0n) is 21.4. The summed E-state index contributed by atoms with van der Waals surface area (Å²) in [4.78, 5) is 40.3. The summed E-state index contributed by atoms with van der Waals surface area (Å²) in [6, 6.07) is 20.7. The van der Waals surface area contributed by atoms with Gasteiger partial charge in [-0.1, -0.05) is 29.4 Å². The van der Waals surface area contributed by atoms with E-state index < -0.39 is 6.04 Å². The van der Waals surface area contributed by atoms with Gasteiger partial charge in [0.05, 0.1) is 11.9 Å². The van der Waals surface area contributed by atoms with Crippen LogP contribution in [-0.4, -0.2) is 46.4 Å². The van der Waals surface area contributed by atoms with E-state index in [0.717, 1.165) is 5.56 Å². The molecule has 3 aromatic carbocycles. The van der Waals surface area contributed by atoms with Gasteiger partial charge in [-0.15, -0.1) is 0 Å². The van der Waals surface area contributed by atoms with Gasteiger partial charge in [0.2, 0.25) is 11.8 Å². The average molecular weight is 528 g/mol. The van der Waals surface area contributed by atoms with E-state index in [-0.39, 0.29) is 42.7 Å². The van der Waals surface area contributed by atoms with Gasteiger partial charge in [0.25, 0.3) is 5.91 Å². The standard InChI is InChI=1S/C29H29N5O5/c1-18-7-13-24(29(37)31-16-19-8-14-25-23(15-19)27(30)33-39-25)34(18)26(35)17-32-28(36)20-9-11-22(12-10-20)38-21-5-3-2-4-6-21/h2-6,8-12,14-15,18,24H,7,13,16-17H2,1H3,(H2,30,33)(H,31,37)(H,32,36). The summed E-state index contributed by atoms with van der Waals surface area (Å²) in [5.41, 5.74) is 7.62. The Morgan fingerprint density at radius 2 is 1.74 bits per heavy atom. The number of fused-ring (bicyclic) bond motifs is 1. The van der Waals surface area contributed by atoms with Gasteiger partial charge in [0, 0.05) is 18.2 Å². The van der Waals surface area contributed by atoms with Crippen molar-refractivity contribution in [3.63, 3.8) is 0 Å². The molecule has 1 saturated heterocycles. The third kappa shape index (κ3) is 5.85. The van der Waals surface area contributed by atoms with Gasteiger partial charge in [0.15, 0.2) is 11.4 Å². The minimum absolute atomic E-state index is 0.118. The molecule has 2 heterocycles. The predicted octanol–water partition coefficient (Wildman–Crippen LogP) is 3.63. The highest BCUT2D eigenvalue weighted by molar-refractivity contribution is 5.97. The van der Waals surface area contributed by atoms with Crippen LogP contribution in [-0.2, 0) is 16.1 Å². The van der Waals surface area contributed by atoms with Crippen molar-refractivity contribution in [2.24, 2.45) is 0 Å². The molecule has 0 bridgehead atoms. The Kier molecular flexibility index (Phi) is 7.44. The Hall–Kier alpha value is -4.86. The predicted molar refractivity (Wildman–Crippen MR) is 145 cm³/mol. The first-order valence-electron chi connectivity index (χ1n) is 12.7. The largest absolute Gasteiger partial charge is 0.457 e. The Balaban J connectivity index is 1.14. The number of aromatic nitrogens is 1. The van der Waals surface area contributed by atoms with Gasteiger partial charge in [-0.05, 0) is 73.9 Å². The molecule has 0 aliphatic carbocycles. The molecular formula is C29H29N5O5. The molecule has 4 N–H and O–H groups in total. The maximum absolute atomic E-state index is 13.1. The van der Waals surface area contributed by atoms with E-state index in [1.54, 1.807) is 35.2 Å². The molecule has 10 heteroatoms. The number of amides is 3. The number of hydrogen-bond acceptors (Lipinski definition) is 7. The van der Waals surface area contributed by atoms with Crippen molar-refractivity contribution in [1.29, 1.82) is 0 Å². The summed E-state index contributed by atoms with van der Waals surface area (Å²) in [6.45, 7) is 1.97. The van der Waals surface area contributed by atoms with E-state index in [1.165, 1.54) is 0 Å². The van der Waals surface area contributed by atoms with Crippen LogP contribution < -0.4 is 21.1 Å². The zero-order valence-corrected chi connectivity index (χ0v) is 21.4. The Morgan fingerprint density at radius 3 is 2.51 bits per heavy atom. The Morgan fingerprint density at radius 1 is 1.00 bits per heavy atom. The van der Waals surface area contributed by atoms with Crippen molar-refractivity contribution >= 4 is 34.5 Å². The van der Waals surface area contributed by atoms with Gasteiger partial charge in [0.1, 0.15) is 17.5 Å². The van der Waals surface area contributed by atoms with E-state index >= 15 is 0 Å². The number of benzene rings is 3. The minimum Gasteiger partial charge on any atom is -0.457 e. The van der Waals surface area contributed by atoms with Crippen LogP contribution in [0.2, 0.25) is 0 Å². The van der Waals surface area contributed by atoms with E-state index in [0.29, 0.717) is 40.9 Å². The third-order valence-corrected chi connectivity index (χ3v) is 6.78. The van der Waals surface area contributed by atoms with Crippen molar-refractivity contribution < 1.29 is 23.6 Å². The second-order valence-electron chi connectivity index (χ2n) is 9.48. The van der Waals surface area contributed by atoms with Crippen LogP contribution in [0.1, 0.15) is 35.7 Å². The second-order valence-corrected chi connectivity index (χ2v) is 9.48. The number of carbonyl (C=O) groups excluding carboxylic acids is 3. The maximum Gasteiger partial charge on any atom is 0.251 e. The molecule has 1 aliphatic rings. The molecule has 0 spiro atoms. The van der Waals surface area contributed by atoms with Gasteiger partial charge >= 0.3 is 0 Å². The summed E-state index contributed by atoms with van der Waals surface area (Å²) >= 11 is 0. The molecule has 2 atom stereocenters. The zero-order chi connectivity index (χ0) is 27.4. The van der Waals surface area contributed by atoms with Crippen LogP contribution in [0, 0.1) is 0 Å². The topological polar surface area (TPSA) is 140 Å². The number of nitrogen functional groups attached to an aromatic ring is 1. The lowest BCUT2D eigenvalue weighted by Crippen LogP contribution is -2.51. The fraction of sp³-hybridized carbons (Fsp3) is 0.241. The highest BCUT2D eigenvalue weighted by atomic mass is 16.5. The van der Waals surface area contributed by atoms with Crippen LogP contribution in [0.3, 0.4) is 0 Å². The van der Waals surface area contributed by atoms with Crippen molar-refractivity contribution in [3.05, 3.63) is 83.9 Å². The first kappa shape index (κ1) is 25.8. The number of carbonyl (C=O) groups is 3. The lowest BCUT2D eigenvalue weighted by atomic mass is 10.1. The fourth-order valence-electron chi connectivity index (χ4n) is 4.73. The Bertz CT molecular complexity index is 1490. The normalized spacial score (nSPS) is 16.7. The molecule has 0 saturated carbocycles. The van der Waals surface area contributed by atoms with Crippen LogP contribution in [0.15, 0.2) is 77.3 Å². The quantitative estimate of drug-likeness (QED) is 0.318. The summed E-state index contributed by atoms with van der Waals surface area (Å²) < 4.78 is 10.9. The highest BCUT2D eigenvalue weighted by Gasteiger charge is 2.38. The van der Waals surface area contributed by atoms with Crippen LogP contribution in [0.4, 0.5) is 5.82 Å². The van der Waals surface area contributed by atoms with E-state index in [9.17, 15) is 14.4 Å². The smallest absolute Gasteiger partial charge is 0.251 e. The first-order chi connectivity index (χ1) is 18.9. The van der Waals surface area contributed by atoms with E-state index in [4.69, 9.17) is 15.0 Å². The molecule has 0 radical (unpaired) electrons. The van der Waals surface area contributed by atoms with Gasteiger partial charge < -0.3 is 30.5 Å². The second kappa shape index (κ2) is 11.3. The van der Waals surface area contributed by atoms with Gasteiger partial charge in [-0.2, -0.15) is 0 Å². The number of nitrogens with one attached hydrogen (secondary N) is 2. The molecule has 200 valence electrons. The van der Waals surface area contributed by atoms with Crippen LogP contribution in [0.25, 0.3) is 11.0 Å². The minimum atomic E-state index is -0.608. The molecule has 1 aromatic heterocycles. The van der Waals surface area contributed by atoms with Crippen LogP contribution in [0.5, 0.6) is 11.5 Å². The number of anilines is 1. The summed E-state index contributed by atoms with van der Waals surface area (Å²) in [6.07, 6.45) is 1.25. The average Bonchev–Trinajstić information content (AvgIpc) is 3.53. The molecular weight excluding hydrogens is 498 g/mol. The number of nitrogens with zero attached hydrogens (tertiary/aromatic N) is 2. The van der Waals surface area contributed by atoms with Gasteiger partial charge in [-0.25, -0.2) is 0 Å². The molecule has 1 fully saturated rings. The molecule has 4 aromatic rings. The van der Waals surface area contributed by atoms with Gasteiger partial charge in [-0.3, -0.25) is 14.4 Å². The number of para-hydroxylation sites is 1. The monoisotopic (exact) mass is 527 g/mol. The SMILES string of the molecule is CC1CCC(C(=O)NCc2ccc3onc(N)c3c2)N1C(=O)CNC(=O)c1ccc(Oc2ccccc2)cc1. The number of ether oxygens (including phenoxy) is 1. The molecule has 39 heavy (non-hydrogen) atoms. The summed E-state index contributed by atoms with van der Waals surface area (Å²) in [5, 5.41) is 10.0. The van der Waals surface area contributed by atoms with Crippen molar-refractivity contribution in [1.82, 2.24) is 20.7 Å². The third-order valence-electron chi connectivity index (χ3n) is 6.78. The molecule has 10 nitrogen and oxygen atoms in total. The first-order valence-corrected chi connectivity index (χ1v) is 12.7. The van der Waals surface area contributed by atoms with Crippen molar-refractivity contribution in [2.75, 3.05) is 12.3 Å². The van der Waals surface area contributed by atoms with Crippen molar-refractivity contribution in [3.8, 4) is 11.5 Å². The number of rotatable bonds is 8. The summed E-state index contributed by atoms with van der Waals surface area (Å²) in [5.74, 6) is 0.643. The van der Waals surface area contributed by atoms with Crippen molar-refractivity contribution in [2.45, 2.75) is 38.4 Å². The van der Waals surface area contributed by atoms with Crippen LogP contribution >= 0.6 is 0 Å². The fourth-order valence-corrected chi connectivity index (χ4v) is 4.73. The lowest BCUT2D eigenvalue weighted by Gasteiger charge is -2.28. The molecule has 3 amide bonds. The molecule has 2 unspecified atom stereocenters. The molecule has 1 aliphatic heterocycles. The number of likely N-dealkylation sites (tertiary alicyclic amines) is 1. The Labute approximate surface area is 225 Å². The lowest BCUT2D eigenvalue weighted by molar-refractivity contribution is -0.139. The number of hydrogen-bond donors (Lipinski definition) is 3.